The molecule has 1 heterocycles. The van der Waals surface area contributed by atoms with Crippen LogP contribution >= 0.6 is 11.8 Å². The summed E-state index contributed by atoms with van der Waals surface area (Å²) in [5.41, 5.74) is 2.20. The first kappa shape index (κ1) is 20.0. The number of hydrogen-bond acceptors (Lipinski definition) is 5. The van der Waals surface area contributed by atoms with Crippen molar-refractivity contribution in [3.63, 3.8) is 0 Å². The van der Waals surface area contributed by atoms with Crippen molar-refractivity contribution in [2.24, 2.45) is 0 Å². The molecule has 26 heavy (non-hydrogen) atoms. The Hall–Kier alpha value is -2.34. The number of carbonyl (C=O) groups excluding carboxylic acids is 1. The molecule has 0 unspecified atom stereocenters. The van der Waals surface area contributed by atoms with E-state index in [1.807, 2.05) is 12.1 Å². The molecule has 0 N–H and O–H groups in total. The van der Waals surface area contributed by atoms with Crippen LogP contribution < -0.4 is 0 Å². The number of carbonyl (C=O) groups is 1. The number of nitrogens with zero attached hydrogens (tertiary/aromatic N) is 3. The second-order valence-corrected chi connectivity index (χ2v) is 7.79. The first-order chi connectivity index (χ1) is 12.3. The minimum atomic E-state index is -0.0240. The predicted octanol–water partition coefficient (Wildman–Crippen LogP) is 4.33. The smallest absolute Gasteiger partial charge is 0.277 e. The van der Waals surface area contributed by atoms with Crippen LogP contribution in [0.5, 0.6) is 0 Å². The monoisotopic (exact) mass is 371 g/mol. The van der Waals surface area contributed by atoms with E-state index in [4.69, 9.17) is 4.42 Å². The van der Waals surface area contributed by atoms with Crippen molar-refractivity contribution in [3.8, 4) is 11.5 Å². The zero-order chi connectivity index (χ0) is 19.2. The van der Waals surface area contributed by atoms with Crippen molar-refractivity contribution in [1.29, 1.82) is 0 Å². The highest BCUT2D eigenvalue weighted by Crippen LogP contribution is 2.27. The zero-order valence-corrected chi connectivity index (χ0v) is 16.4. The Balaban J connectivity index is 2.00. The summed E-state index contributed by atoms with van der Waals surface area (Å²) < 4.78 is 5.67. The lowest BCUT2D eigenvalue weighted by atomic mass is 9.87. The van der Waals surface area contributed by atoms with E-state index in [0.29, 0.717) is 24.2 Å². The highest BCUT2D eigenvalue weighted by molar-refractivity contribution is 7.99. The molecule has 0 bridgehead atoms. The minimum absolute atomic E-state index is 0.0240. The highest BCUT2D eigenvalue weighted by atomic mass is 32.2. The molecule has 0 saturated heterocycles. The fraction of sp³-hybridized carbons (Fsp3) is 0.350. The largest absolute Gasteiger partial charge is 0.411 e. The lowest BCUT2D eigenvalue weighted by Gasteiger charge is -2.18. The number of thioether (sulfide) groups is 1. The second kappa shape index (κ2) is 8.85. The van der Waals surface area contributed by atoms with Crippen LogP contribution in [0.15, 0.2) is 59.2 Å². The maximum absolute atomic E-state index is 12.2. The molecule has 1 aromatic heterocycles. The molecule has 1 aromatic carbocycles. The average Bonchev–Trinajstić information content (AvgIpc) is 3.08. The van der Waals surface area contributed by atoms with Gasteiger partial charge < -0.3 is 9.32 Å². The van der Waals surface area contributed by atoms with E-state index in [-0.39, 0.29) is 17.1 Å². The number of amides is 1. The van der Waals surface area contributed by atoms with Crippen LogP contribution in [0.3, 0.4) is 0 Å². The van der Waals surface area contributed by atoms with E-state index in [2.05, 4.69) is 56.3 Å². The van der Waals surface area contributed by atoms with Gasteiger partial charge in [0.05, 0.1) is 5.75 Å². The van der Waals surface area contributed by atoms with Crippen molar-refractivity contribution in [2.45, 2.75) is 31.4 Å². The standard InChI is InChI=1S/C20H25N3O2S/c1-6-12-23(13-7-2)17(24)14-26-19-22-21-18(25-19)15-8-10-16(11-9-15)20(3,4)5/h6-11H,1-2,12-14H2,3-5H3. The fourth-order valence-electron chi connectivity index (χ4n) is 2.30. The molecule has 0 fully saturated rings. The summed E-state index contributed by atoms with van der Waals surface area (Å²) >= 11 is 1.23. The van der Waals surface area contributed by atoms with Crippen LogP contribution in [-0.2, 0) is 10.2 Å². The maximum Gasteiger partial charge on any atom is 0.277 e. The Labute approximate surface area is 159 Å². The van der Waals surface area contributed by atoms with Crippen LogP contribution in [-0.4, -0.2) is 39.8 Å². The first-order valence-electron chi connectivity index (χ1n) is 8.42. The Morgan fingerprint density at radius 3 is 2.31 bits per heavy atom. The molecule has 2 rings (SSSR count). The van der Waals surface area contributed by atoms with E-state index < -0.39 is 0 Å². The highest BCUT2D eigenvalue weighted by Gasteiger charge is 2.16. The number of benzene rings is 1. The van der Waals surface area contributed by atoms with Gasteiger partial charge >= 0.3 is 0 Å². The van der Waals surface area contributed by atoms with E-state index in [1.165, 1.54) is 17.3 Å². The van der Waals surface area contributed by atoms with Gasteiger partial charge in [-0.3, -0.25) is 4.79 Å². The molecular weight excluding hydrogens is 346 g/mol. The second-order valence-electron chi connectivity index (χ2n) is 6.87. The molecule has 5 nitrogen and oxygen atoms in total. The van der Waals surface area contributed by atoms with Crippen molar-refractivity contribution >= 4 is 17.7 Å². The molecule has 0 aliphatic rings. The van der Waals surface area contributed by atoms with E-state index in [1.54, 1.807) is 17.1 Å². The molecule has 0 aliphatic heterocycles. The number of aromatic nitrogens is 2. The quantitative estimate of drug-likeness (QED) is 0.511. The summed E-state index contributed by atoms with van der Waals surface area (Å²) in [7, 11) is 0. The van der Waals surface area contributed by atoms with Crippen LogP contribution in [0.25, 0.3) is 11.5 Å². The molecule has 1 amide bonds. The van der Waals surface area contributed by atoms with Crippen LogP contribution in [0, 0.1) is 0 Å². The van der Waals surface area contributed by atoms with Gasteiger partial charge in [0.25, 0.3) is 5.22 Å². The van der Waals surface area contributed by atoms with Gasteiger partial charge in [-0.25, -0.2) is 0 Å². The average molecular weight is 372 g/mol. The number of rotatable bonds is 8. The first-order valence-corrected chi connectivity index (χ1v) is 9.40. The number of hydrogen-bond donors (Lipinski definition) is 0. The molecule has 138 valence electrons. The van der Waals surface area contributed by atoms with Gasteiger partial charge in [-0.2, -0.15) is 0 Å². The van der Waals surface area contributed by atoms with E-state index in [0.717, 1.165) is 5.56 Å². The van der Waals surface area contributed by atoms with Gasteiger partial charge in [-0.15, -0.1) is 23.4 Å². The van der Waals surface area contributed by atoms with Gasteiger partial charge in [0.15, 0.2) is 0 Å². The SMILES string of the molecule is C=CCN(CC=C)C(=O)CSc1nnc(-c2ccc(C(C)(C)C)cc2)o1. The Morgan fingerprint density at radius 1 is 1.15 bits per heavy atom. The Morgan fingerprint density at radius 2 is 1.77 bits per heavy atom. The maximum atomic E-state index is 12.2. The van der Waals surface area contributed by atoms with Crippen molar-refractivity contribution in [1.82, 2.24) is 15.1 Å². The van der Waals surface area contributed by atoms with Gasteiger partial charge in [0, 0.05) is 18.7 Å². The fourth-order valence-corrected chi connectivity index (χ4v) is 2.97. The van der Waals surface area contributed by atoms with Gasteiger partial charge in [0.1, 0.15) is 0 Å². The van der Waals surface area contributed by atoms with Crippen LogP contribution in [0.4, 0.5) is 0 Å². The zero-order valence-electron chi connectivity index (χ0n) is 15.6. The summed E-state index contributed by atoms with van der Waals surface area (Å²) in [6.07, 6.45) is 3.39. The Bertz CT molecular complexity index is 750. The third kappa shape index (κ3) is 5.33. The molecule has 6 heteroatoms. The molecule has 0 atom stereocenters. The summed E-state index contributed by atoms with van der Waals surface area (Å²) in [4.78, 5) is 13.9. The Kier molecular flexibility index (Phi) is 6.80. The lowest BCUT2D eigenvalue weighted by Crippen LogP contribution is -2.32. The molecule has 0 saturated carbocycles. The van der Waals surface area contributed by atoms with Gasteiger partial charge in [-0.1, -0.05) is 56.8 Å². The molecule has 0 spiro atoms. The summed E-state index contributed by atoms with van der Waals surface area (Å²) in [6.45, 7) is 14.8. The summed E-state index contributed by atoms with van der Waals surface area (Å²) in [5.74, 6) is 0.658. The van der Waals surface area contributed by atoms with Gasteiger partial charge in [-0.05, 0) is 23.1 Å². The van der Waals surface area contributed by atoms with Gasteiger partial charge in [0.2, 0.25) is 11.8 Å². The predicted molar refractivity (Wildman–Crippen MR) is 106 cm³/mol. The third-order valence-electron chi connectivity index (χ3n) is 3.78. The molecule has 0 radical (unpaired) electrons. The third-order valence-corrected chi connectivity index (χ3v) is 4.58. The lowest BCUT2D eigenvalue weighted by molar-refractivity contribution is -0.127. The van der Waals surface area contributed by atoms with Crippen molar-refractivity contribution < 1.29 is 9.21 Å². The van der Waals surface area contributed by atoms with Crippen LogP contribution in [0.2, 0.25) is 0 Å². The molecule has 2 aromatic rings. The van der Waals surface area contributed by atoms with Crippen molar-refractivity contribution in [3.05, 3.63) is 55.1 Å². The normalized spacial score (nSPS) is 11.2. The summed E-state index contributed by atoms with van der Waals surface area (Å²) in [5, 5.41) is 8.48. The minimum Gasteiger partial charge on any atom is -0.411 e. The van der Waals surface area contributed by atoms with E-state index >= 15 is 0 Å². The topological polar surface area (TPSA) is 59.2 Å². The van der Waals surface area contributed by atoms with E-state index in [9.17, 15) is 4.79 Å². The van der Waals surface area contributed by atoms with Crippen LogP contribution in [0.1, 0.15) is 26.3 Å². The molecule has 0 aliphatic carbocycles. The summed E-state index contributed by atoms with van der Waals surface area (Å²) in [6, 6.07) is 8.09. The van der Waals surface area contributed by atoms with Crippen molar-refractivity contribution in [2.75, 3.05) is 18.8 Å². The molecular formula is C20H25N3O2S.